The second-order valence-corrected chi connectivity index (χ2v) is 7.18. The lowest BCUT2D eigenvalue weighted by atomic mass is 9.90. The van der Waals surface area contributed by atoms with Gasteiger partial charge >= 0.3 is 0 Å². The van der Waals surface area contributed by atoms with Crippen molar-refractivity contribution in [1.29, 1.82) is 0 Å². The monoisotopic (exact) mass is 379 g/mol. The van der Waals surface area contributed by atoms with Crippen LogP contribution < -0.4 is 5.32 Å². The van der Waals surface area contributed by atoms with Gasteiger partial charge in [-0.25, -0.2) is 9.50 Å². The fourth-order valence-electron chi connectivity index (χ4n) is 3.66. The Morgan fingerprint density at radius 3 is 2.70 bits per heavy atom. The lowest BCUT2D eigenvalue weighted by Crippen LogP contribution is -2.46. The zero-order chi connectivity index (χ0) is 15.6. The number of rotatable bonds is 3. The van der Waals surface area contributed by atoms with Crippen LogP contribution in [0, 0.1) is 0 Å². The van der Waals surface area contributed by atoms with Gasteiger partial charge in [-0.1, -0.05) is 0 Å². The molecule has 0 bridgehead atoms. The molecule has 23 heavy (non-hydrogen) atoms. The summed E-state index contributed by atoms with van der Waals surface area (Å²) in [6.45, 7) is 3.97. The summed E-state index contributed by atoms with van der Waals surface area (Å²) in [6.07, 6.45) is 6.70. The van der Waals surface area contributed by atoms with E-state index in [0.29, 0.717) is 6.04 Å². The Kier molecular flexibility index (Phi) is 4.50. The summed E-state index contributed by atoms with van der Waals surface area (Å²) in [7, 11) is 0. The van der Waals surface area contributed by atoms with E-state index in [1.165, 1.54) is 25.7 Å². The molecule has 1 N–H and O–H groups in total. The number of nitrogens with one attached hydrogen (secondary N) is 1. The molecule has 4 rings (SSSR count). The van der Waals surface area contributed by atoms with Gasteiger partial charge in [0.2, 0.25) is 0 Å². The number of fused-ring (bicyclic) bond motifs is 1. The van der Waals surface area contributed by atoms with Crippen LogP contribution in [0.15, 0.2) is 22.9 Å². The maximum absolute atomic E-state index is 5.46. The first kappa shape index (κ1) is 15.4. The minimum atomic E-state index is 0.513. The minimum absolute atomic E-state index is 0.513. The molecule has 6 nitrogen and oxygen atoms in total. The number of imidazole rings is 1. The zero-order valence-corrected chi connectivity index (χ0v) is 14.7. The first-order chi connectivity index (χ1) is 11.3. The molecule has 2 fully saturated rings. The van der Waals surface area contributed by atoms with Crippen molar-refractivity contribution < 1.29 is 4.74 Å². The molecule has 0 atom stereocenters. The highest BCUT2D eigenvalue weighted by Gasteiger charge is 2.27. The Labute approximate surface area is 144 Å². The lowest BCUT2D eigenvalue weighted by Gasteiger charge is -2.39. The average molecular weight is 380 g/mol. The van der Waals surface area contributed by atoms with Crippen LogP contribution in [0.25, 0.3) is 5.65 Å². The third kappa shape index (κ3) is 3.36. The molecular formula is C16H22BrN5O. The molecule has 0 radical (unpaired) electrons. The number of hydrogen-bond donors (Lipinski definition) is 1. The van der Waals surface area contributed by atoms with E-state index in [9.17, 15) is 0 Å². The maximum Gasteiger partial charge on any atom is 0.154 e. The van der Waals surface area contributed by atoms with Gasteiger partial charge in [0.15, 0.2) is 5.65 Å². The van der Waals surface area contributed by atoms with Gasteiger partial charge in [-0.15, -0.1) is 5.10 Å². The second kappa shape index (κ2) is 6.75. The predicted molar refractivity (Wildman–Crippen MR) is 92.7 cm³/mol. The van der Waals surface area contributed by atoms with Crippen molar-refractivity contribution in [1.82, 2.24) is 19.5 Å². The highest BCUT2D eigenvalue weighted by molar-refractivity contribution is 9.10. The van der Waals surface area contributed by atoms with E-state index in [2.05, 4.69) is 36.2 Å². The molecule has 2 aromatic heterocycles. The molecule has 2 aromatic rings. The van der Waals surface area contributed by atoms with Crippen molar-refractivity contribution in [3.63, 3.8) is 0 Å². The number of halogens is 1. The van der Waals surface area contributed by atoms with Crippen molar-refractivity contribution in [3.8, 4) is 0 Å². The van der Waals surface area contributed by atoms with Crippen LogP contribution in [0.2, 0.25) is 0 Å². The van der Waals surface area contributed by atoms with E-state index in [-0.39, 0.29) is 0 Å². The van der Waals surface area contributed by atoms with E-state index in [1.54, 1.807) is 6.20 Å². The van der Waals surface area contributed by atoms with E-state index < -0.39 is 0 Å². The Morgan fingerprint density at radius 1 is 1.13 bits per heavy atom. The van der Waals surface area contributed by atoms with Crippen LogP contribution in [0.3, 0.4) is 0 Å². The Bertz CT molecular complexity index is 662. The molecule has 0 unspecified atom stereocenters. The molecule has 1 saturated carbocycles. The predicted octanol–water partition coefficient (Wildman–Crippen LogP) is 2.55. The molecular weight excluding hydrogens is 358 g/mol. The number of nitrogens with zero attached hydrogens (tertiary/aromatic N) is 4. The van der Waals surface area contributed by atoms with Crippen LogP contribution in [-0.4, -0.2) is 57.9 Å². The van der Waals surface area contributed by atoms with Crippen LogP contribution in [-0.2, 0) is 4.74 Å². The van der Waals surface area contributed by atoms with Crippen molar-refractivity contribution in [2.24, 2.45) is 0 Å². The molecule has 1 aliphatic heterocycles. The van der Waals surface area contributed by atoms with Gasteiger partial charge < -0.3 is 10.1 Å². The number of aromatic nitrogens is 3. The SMILES string of the molecule is Brc1cnc2ccc(N[C@H]3CC[C@H](N4CCOCC4)CC3)nn12. The van der Waals surface area contributed by atoms with E-state index >= 15 is 0 Å². The fraction of sp³-hybridized carbons (Fsp3) is 0.625. The van der Waals surface area contributed by atoms with Crippen LogP contribution in [0.5, 0.6) is 0 Å². The minimum Gasteiger partial charge on any atom is -0.379 e. The van der Waals surface area contributed by atoms with E-state index in [4.69, 9.17) is 4.74 Å². The smallest absolute Gasteiger partial charge is 0.154 e. The van der Waals surface area contributed by atoms with E-state index in [1.807, 2.05) is 16.6 Å². The van der Waals surface area contributed by atoms with Crippen LogP contribution in [0.4, 0.5) is 5.82 Å². The van der Waals surface area contributed by atoms with Crippen LogP contribution >= 0.6 is 15.9 Å². The Hall–Kier alpha value is -1.18. The van der Waals surface area contributed by atoms with Crippen molar-refractivity contribution in [3.05, 3.63) is 22.9 Å². The summed E-state index contributed by atoms with van der Waals surface area (Å²) in [4.78, 5) is 6.88. The summed E-state index contributed by atoms with van der Waals surface area (Å²) in [5.74, 6) is 0.922. The Morgan fingerprint density at radius 2 is 1.91 bits per heavy atom. The topological polar surface area (TPSA) is 54.7 Å². The second-order valence-electron chi connectivity index (χ2n) is 6.37. The molecule has 0 spiro atoms. The summed E-state index contributed by atoms with van der Waals surface area (Å²) in [6, 6.07) is 5.26. The number of anilines is 1. The first-order valence-corrected chi connectivity index (χ1v) is 9.17. The van der Waals surface area contributed by atoms with Gasteiger partial charge in [0.05, 0.1) is 19.4 Å². The van der Waals surface area contributed by atoms with E-state index in [0.717, 1.165) is 48.4 Å². The van der Waals surface area contributed by atoms with Crippen molar-refractivity contribution in [2.45, 2.75) is 37.8 Å². The van der Waals surface area contributed by atoms with Crippen molar-refractivity contribution in [2.75, 3.05) is 31.6 Å². The number of hydrogen-bond acceptors (Lipinski definition) is 5. The third-order valence-electron chi connectivity index (χ3n) is 4.93. The van der Waals surface area contributed by atoms with Gasteiger partial charge in [0.25, 0.3) is 0 Å². The lowest BCUT2D eigenvalue weighted by molar-refractivity contribution is 0.00790. The largest absolute Gasteiger partial charge is 0.379 e. The fourth-order valence-corrected chi connectivity index (χ4v) is 4.02. The van der Waals surface area contributed by atoms with Crippen LogP contribution in [0.1, 0.15) is 25.7 Å². The molecule has 0 amide bonds. The highest BCUT2D eigenvalue weighted by Crippen LogP contribution is 2.26. The standard InChI is InChI=1S/C16H22BrN5O/c17-14-11-18-16-6-5-15(20-22(14)16)19-12-1-3-13(4-2-12)21-7-9-23-10-8-21/h5-6,11-13H,1-4,7-10H2,(H,19,20)/t12-,13-. The molecule has 3 heterocycles. The summed E-state index contributed by atoms with van der Waals surface area (Å²) >= 11 is 3.47. The van der Waals surface area contributed by atoms with Gasteiger partial charge in [0.1, 0.15) is 10.4 Å². The number of morpholine rings is 1. The van der Waals surface area contributed by atoms with Gasteiger partial charge in [0, 0.05) is 25.2 Å². The molecule has 1 saturated heterocycles. The van der Waals surface area contributed by atoms with Gasteiger partial charge in [-0.3, -0.25) is 4.90 Å². The molecule has 1 aliphatic carbocycles. The zero-order valence-electron chi connectivity index (χ0n) is 13.1. The highest BCUT2D eigenvalue weighted by atomic mass is 79.9. The normalized spacial score (nSPS) is 26.5. The Balaban J connectivity index is 1.35. The summed E-state index contributed by atoms with van der Waals surface area (Å²) < 4.78 is 8.16. The quantitative estimate of drug-likeness (QED) is 0.887. The molecule has 2 aliphatic rings. The molecule has 0 aromatic carbocycles. The summed E-state index contributed by atoms with van der Waals surface area (Å²) in [5, 5.41) is 8.20. The average Bonchev–Trinajstić information content (AvgIpc) is 2.97. The van der Waals surface area contributed by atoms with Gasteiger partial charge in [-0.05, 0) is 53.7 Å². The summed E-state index contributed by atoms with van der Waals surface area (Å²) in [5.41, 5.74) is 0.860. The van der Waals surface area contributed by atoms with Gasteiger partial charge in [-0.2, -0.15) is 0 Å². The third-order valence-corrected chi connectivity index (χ3v) is 5.47. The number of ether oxygens (including phenoxy) is 1. The molecule has 7 heteroatoms. The maximum atomic E-state index is 5.46. The van der Waals surface area contributed by atoms with Crippen molar-refractivity contribution >= 4 is 27.4 Å². The molecule has 124 valence electrons. The first-order valence-electron chi connectivity index (χ1n) is 8.38.